The summed E-state index contributed by atoms with van der Waals surface area (Å²) in [6.45, 7) is 4.90. The van der Waals surface area contributed by atoms with Crippen molar-refractivity contribution in [2.75, 3.05) is 5.32 Å². The van der Waals surface area contributed by atoms with Crippen LogP contribution in [-0.2, 0) is 10.9 Å². The molecule has 1 N–H and O–H groups in total. The minimum absolute atomic E-state index is 0.0632. The first-order valence-corrected chi connectivity index (χ1v) is 8.79. The summed E-state index contributed by atoms with van der Waals surface area (Å²) in [5.41, 5.74) is -3.24. The van der Waals surface area contributed by atoms with E-state index in [1.54, 1.807) is 57.2 Å². The van der Waals surface area contributed by atoms with E-state index in [4.69, 9.17) is 4.74 Å². The molecule has 0 saturated carbocycles. The number of anilines is 1. The number of nitrogens with zero attached hydrogens (tertiary/aromatic N) is 1. The van der Waals surface area contributed by atoms with Crippen LogP contribution in [0, 0.1) is 0 Å². The summed E-state index contributed by atoms with van der Waals surface area (Å²) in [5, 5.41) is 3.39. The van der Waals surface area contributed by atoms with Crippen LogP contribution in [0.5, 0.6) is 0 Å². The van der Waals surface area contributed by atoms with Gasteiger partial charge in [0.1, 0.15) is 17.0 Å². The number of hydrogen-bond acceptors (Lipinski definition) is 3. The summed E-state index contributed by atoms with van der Waals surface area (Å²) < 4.78 is 46.6. The van der Waals surface area contributed by atoms with Crippen LogP contribution in [0.1, 0.15) is 26.5 Å². The molecule has 152 valence electrons. The van der Waals surface area contributed by atoms with Crippen molar-refractivity contribution in [2.24, 2.45) is 0 Å². The first-order valence-electron chi connectivity index (χ1n) is 8.79. The normalized spacial score (nSPS) is 12.1. The molecule has 0 spiro atoms. The molecule has 0 radical (unpaired) electrons. The Hall–Kier alpha value is -3.29. The van der Waals surface area contributed by atoms with E-state index in [9.17, 15) is 22.8 Å². The van der Waals surface area contributed by atoms with Gasteiger partial charge in [0.2, 0.25) is 0 Å². The number of nitrogens with one attached hydrogen (secondary N) is 1. The monoisotopic (exact) mass is 404 g/mol. The zero-order valence-electron chi connectivity index (χ0n) is 16.0. The van der Waals surface area contributed by atoms with Gasteiger partial charge in [-0.05, 0) is 44.4 Å². The molecule has 0 aliphatic carbocycles. The van der Waals surface area contributed by atoms with E-state index in [0.29, 0.717) is 15.3 Å². The minimum atomic E-state index is -4.78. The molecule has 2 aromatic carbocycles. The zero-order valence-corrected chi connectivity index (χ0v) is 16.0. The molecule has 0 aliphatic heterocycles. The van der Waals surface area contributed by atoms with E-state index in [0.717, 1.165) is 12.1 Å². The van der Waals surface area contributed by atoms with Gasteiger partial charge in [-0.25, -0.2) is 4.79 Å². The number of pyridine rings is 1. The Morgan fingerprint density at radius 3 is 2.28 bits per heavy atom. The highest BCUT2D eigenvalue weighted by atomic mass is 19.4. The van der Waals surface area contributed by atoms with Gasteiger partial charge in [0, 0.05) is 5.39 Å². The minimum Gasteiger partial charge on any atom is -0.444 e. The predicted octanol–water partition coefficient (Wildman–Crippen LogP) is 5.36. The number of rotatable bonds is 2. The van der Waals surface area contributed by atoms with Crippen LogP contribution < -0.4 is 10.9 Å². The Kier molecular flexibility index (Phi) is 5.13. The number of alkyl halides is 3. The van der Waals surface area contributed by atoms with E-state index >= 15 is 0 Å². The quantitative estimate of drug-likeness (QED) is 0.626. The third-order valence-electron chi connectivity index (χ3n) is 4.02. The first-order chi connectivity index (χ1) is 13.5. The molecule has 0 fully saturated rings. The fourth-order valence-electron chi connectivity index (χ4n) is 2.91. The van der Waals surface area contributed by atoms with Gasteiger partial charge in [0.15, 0.2) is 0 Å². The van der Waals surface area contributed by atoms with Crippen molar-refractivity contribution in [1.82, 2.24) is 4.57 Å². The smallest absolute Gasteiger partial charge is 0.431 e. The van der Waals surface area contributed by atoms with Crippen LogP contribution in [0.25, 0.3) is 16.5 Å². The highest BCUT2D eigenvalue weighted by Crippen LogP contribution is 2.32. The molecule has 8 heteroatoms. The molecule has 29 heavy (non-hydrogen) atoms. The maximum Gasteiger partial charge on any atom is 0.431 e. The molecule has 1 heterocycles. The summed E-state index contributed by atoms with van der Waals surface area (Å²) in [6.07, 6.45) is -5.71. The Balaban J connectivity index is 2.21. The summed E-state index contributed by atoms with van der Waals surface area (Å²) in [7, 11) is 0. The second kappa shape index (κ2) is 7.27. The molecular weight excluding hydrogens is 385 g/mol. The lowest BCUT2D eigenvalue weighted by Gasteiger charge is -2.21. The summed E-state index contributed by atoms with van der Waals surface area (Å²) in [5.74, 6) is 0. The van der Waals surface area contributed by atoms with E-state index < -0.39 is 29.1 Å². The lowest BCUT2D eigenvalue weighted by Crippen LogP contribution is -2.32. The van der Waals surface area contributed by atoms with Gasteiger partial charge in [0.05, 0.1) is 5.69 Å². The number of hydrogen-bond donors (Lipinski definition) is 1. The average molecular weight is 404 g/mol. The molecule has 5 nitrogen and oxygen atoms in total. The summed E-state index contributed by atoms with van der Waals surface area (Å²) in [4.78, 5) is 25.0. The summed E-state index contributed by atoms with van der Waals surface area (Å²) in [6, 6.07) is 13.2. The maximum atomic E-state index is 13.7. The van der Waals surface area contributed by atoms with Gasteiger partial charge >= 0.3 is 12.3 Å². The number of amides is 1. The lowest BCUT2D eigenvalue weighted by atomic mass is 10.1. The van der Waals surface area contributed by atoms with E-state index in [2.05, 4.69) is 5.32 Å². The van der Waals surface area contributed by atoms with Gasteiger partial charge in [-0.2, -0.15) is 13.2 Å². The van der Waals surface area contributed by atoms with Crippen LogP contribution in [-0.4, -0.2) is 16.3 Å². The maximum absolute atomic E-state index is 13.7. The van der Waals surface area contributed by atoms with Crippen LogP contribution >= 0.6 is 0 Å². The van der Waals surface area contributed by atoms with Crippen LogP contribution in [0.2, 0.25) is 0 Å². The number of carbonyl (C=O) groups is 1. The molecule has 0 bridgehead atoms. The molecular formula is C21H19F3N2O3. The van der Waals surface area contributed by atoms with Crippen molar-refractivity contribution < 1.29 is 22.7 Å². The number of carbonyl (C=O) groups excluding carboxylic acids is 1. The topological polar surface area (TPSA) is 60.3 Å². The molecule has 0 unspecified atom stereocenters. The van der Waals surface area contributed by atoms with Gasteiger partial charge < -0.3 is 4.74 Å². The second-order valence-electron chi connectivity index (χ2n) is 7.40. The van der Waals surface area contributed by atoms with Gasteiger partial charge in [0.25, 0.3) is 5.56 Å². The molecule has 1 aromatic heterocycles. The Morgan fingerprint density at radius 2 is 1.62 bits per heavy atom. The van der Waals surface area contributed by atoms with E-state index in [-0.39, 0.29) is 11.4 Å². The lowest BCUT2D eigenvalue weighted by molar-refractivity contribution is -0.142. The molecule has 3 rings (SSSR count). The number of fused-ring (bicyclic) bond motifs is 1. The van der Waals surface area contributed by atoms with Crippen molar-refractivity contribution in [1.29, 1.82) is 0 Å². The van der Waals surface area contributed by atoms with Crippen LogP contribution in [0.3, 0.4) is 0 Å². The zero-order chi connectivity index (χ0) is 21.4. The fraction of sp³-hybridized carbons (Fsp3) is 0.238. The third-order valence-corrected chi connectivity index (χ3v) is 4.02. The largest absolute Gasteiger partial charge is 0.444 e. The Morgan fingerprint density at radius 1 is 0.966 bits per heavy atom. The third kappa shape index (κ3) is 4.42. The van der Waals surface area contributed by atoms with E-state index in [1.165, 1.54) is 6.07 Å². The van der Waals surface area contributed by atoms with E-state index in [1.807, 2.05) is 0 Å². The van der Waals surface area contributed by atoms with Gasteiger partial charge in [-0.3, -0.25) is 14.7 Å². The predicted molar refractivity (Wildman–Crippen MR) is 104 cm³/mol. The SMILES string of the molecule is CC(C)(C)OC(=O)Nc1ccc(C(F)(F)F)n(-c2cccc3ccccc23)c1=O. The van der Waals surface area contributed by atoms with Crippen molar-refractivity contribution in [3.63, 3.8) is 0 Å². The van der Waals surface area contributed by atoms with Crippen LogP contribution in [0.15, 0.2) is 59.4 Å². The highest BCUT2D eigenvalue weighted by molar-refractivity contribution is 5.90. The van der Waals surface area contributed by atoms with Crippen molar-refractivity contribution >= 4 is 22.6 Å². The fourth-order valence-corrected chi connectivity index (χ4v) is 2.91. The number of benzene rings is 2. The number of halogens is 3. The molecule has 0 saturated heterocycles. The summed E-state index contributed by atoms with van der Waals surface area (Å²) >= 11 is 0. The number of aromatic nitrogens is 1. The Bertz CT molecular complexity index is 1120. The molecule has 0 atom stereocenters. The highest BCUT2D eigenvalue weighted by Gasteiger charge is 2.36. The van der Waals surface area contributed by atoms with Crippen molar-refractivity contribution in [2.45, 2.75) is 32.5 Å². The van der Waals surface area contributed by atoms with Crippen LogP contribution in [0.4, 0.5) is 23.7 Å². The molecule has 3 aromatic rings. The first kappa shape index (κ1) is 20.4. The molecule has 1 amide bonds. The molecule has 0 aliphatic rings. The standard InChI is InChI=1S/C21H19F3N2O3/c1-20(2,3)29-19(28)25-15-11-12-17(21(22,23)24)26(18(15)27)16-10-6-8-13-7-4-5-9-14(13)16/h4-12H,1-3H3,(H,25,28). The second-order valence-corrected chi connectivity index (χ2v) is 7.40. The van der Waals surface area contributed by atoms with Crippen molar-refractivity contribution in [3.05, 3.63) is 70.6 Å². The Labute approximate surface area is 164 Å². The van der Waals surface area contributed by atoms with Crippen molar-refractivity contribution in [3.8, 4) is 5.69 Å². The van der Waals surface area contributed by atoms with Gasteiger partial charge in [-0.15, -0.1) is 0 Å². The average Bonchev–Trinajstić information content (AvgIpc) is 2.60. The van der Waals surface area contributed by atoms with Gasteiger partial charge in [-0.1, -0.05) is 36.4 Å². The number of ether oxygens (including phenoxy) is 1.